The molecule has 1 radical (unpaired) electrons. The number of nitrogens with zero attached hydrogens (tertiary/aromatic N) is 1. The molecule has 0 bridgehead atoms. The predicted molar refractivity (Wildman–Crippen MR) is 49.4 cm³/mol. The number of unbranched alkanes of at least 4 members (excludes halogenated alkanes) is 2. The molecule has 1 heterocycles. The number of pyridine rings is 1. The fraction of sp³-hybridized carbons (Fsp3) is 0.500. The number of aromatic nitrogens is 1. The van der Waals surface area contributed by atoms with E-state index in [2.05, 4.69) is 11.9 Å². The van der Waals surface area contributed by atoms with E-state index < -0.39 is 0 Å². The highest BCUT2D eigenvalue weighted by Gasteiger charge is 2.02. The van der Waals surface area contributed by atoms with Crippen LogP contribution >= 0.6 is 0 Å². The average molecular weight is 180 g/mol. The summed E-state index contributed by atoms with van der Waals surface area (Å²) < 4.78 is 5.26. The van der Waals surface area contributed by atoms with Crippen molar-refractivity contribution in [1.82, 2.24) is 4.98 Å². The van der Waals surface area contributed by atoms with Gasteiger partial charge in [-0.3, -0.25) is 5.11 Å². The molecule has 0 aliphatic rings. The Labute approximate surface area is 78.4 Å². The van der Waals surface area contributed by atoms with Crippen LogP contribution in [0.1, 0.15) is 26.2 Å². The fourth-order valence-corrected chi connectivity index (χ4v) is 1.02. The van der Waals surface area contributed by atoms with Crippen LogP contribution in [0.2, 0.25) is 0 Å². The lowest BCUT2D eigenvalue weighted by Crippen LogP contribution is -1.97. The molecule has 0 atom stereocenters. The van der Waals surface area contributed by atoms with E-state index in [1.54, 1.807) is 12.1 Å². The maximum Gasteiger partial charge on any atom is 0.311 e. The summed E-state index contributed by atoms with van der Waals surface area (Å²) in [5, 5.41) is 11.0. The van der Waals surface area contributed by atoms with Gasteiger partial charge in [0.2, 0.25) is 0 Å². The molecule has 3 heteroatoms. The highest BCUT2D eigenvalue weighted by atomic mass is 16.5. The highest BCUT2D eigenvalue weighted by Crippen LogP contribution is 2.22. The van der Waals surface area contributed by atoms with Crippen molar-refractivity contribution < 1.29 is 9.84 Å². The number of hydrogen-bond donors (Lipinski definition) is 0. The first-order valence-corrected chi connectivity index (χ1v) is 4.59. The minimum Gasteiger partial charge on any atom is -0.488 e. The van der Waals surface area contributed by atoms with Crippen LogP contribution in [-0.2, 0) is 5.11 Å². The van der Waals surface area contributed by atoms with E-state index in [0.717, 1.165) is 19.3 Å². The molecule has 1 aromatic heterocycles. The quantitative estimate of drug-likeness (QED) is 0.654. The van der Waals surface area contributed by atoms with Gasteiger partial charge in [0.25, 0.3) is 0 Å². The molecular weight excluding hydrogens is 166 g/mol. The topological polar surface area (TPSA) is 42.0 Å². The van der Waals surface area contributed by atoms with Gasteiger partial charge in [0.1, 0.15) is 0 Å². The predicted octanol–water partition coefficient (Wildman–Crippen LogP) is 2.79. The summed E-state index contributed by atoms with van der Waals surface area (Å²) in [6, 6.07) is 3.36. The standard InChI is InChI=1S/C10H14NO2/c1-2-3-4-8-13-9-6-5-7-11-10(9)12/h5-7H,2-4,8H2,1H3. The van der Waals surface area contributed by atoms with E-state index in [0.29, 0.717) is 12.4 Å². The van der Waals surface area contributed by atoms with Gasteiger partial charge in [-0.05, 0) is 18.6 Å². The number of hydrogen-bond acceptors (Lipinski definition) is 2. The zero-order chi connectivity index (χ0) is 9.52. The lowest BCUT2D eigenvalue weighted by molar-refractivity contribution is 0.261. The Hall–Kier alpha value is -1.25. The van der Waals surface area contributed by atoms with Crippen LogP contribution in [0.3, 0.4) is 0 Å². The Morgan fingerprint density at radius 3 is 3.00 bits per heavy atom. The van der Waals surface area contributed by atoms with Crippen molar-refractivity contribution in [3.63, 3.8) is 0 Å². The maximum absolute atomic E-state index is 11.0. The van der Waals surface area contributed by atoms with Gasteiger partial charge < -0.3 is 4.74 Å². The molecule has 0 saturated carbocycles. The molecule has 0 fully saturated rings. The molecule has 3 nitrogen and oxygen atoms in total. The van der Waals surface area contributed by atoms with Gasteiger partial charge in [-0.25, -0.2) is 4.98 Å². The van der Waals surface area contributed by atoms with Crippen LogP contribution in [-0.4, -0.2) is 11.6 Å². The molecule has 0 saturated heterocycles. The molecule has 1 rings (SSSR count). The smallest absolute Gasteiger partial charge is 0.311 e. The summed E-state index contributed by atoms with van der Waals surface area (Å²) in [4.78, 5) is 3.60. The van der Waals surface area contributed by atoms with E-state index in [9.17, 15) is 5.11 Å². The molecule has 0 N–H and O–H groups in total. The van der Waals surface area contributed by atoms with Crippen LogP contribution < -0.4 is 4.74 Å². The minimum atomic E-state index is -0.279. The summed E-state index contributed by atoms with van der Waals surface area (Å²) in [6.07, 6.45) is 4.75. The fourth-order valence-electron chi connectivity index (χ4n) is 1.02. The van der Waals surface area contributed by atoms with Crippen molar-refractivity contribution in [3.05, 3.63) is 18.3 Å². The molecule has 0 aromatic carbocycles. The third-order valence-electron chi connectivity index (χ3n) is 1.74. The van der Waals surface area contributed by atoms with E-state index >= 15 is 0 Å². The Kier molecular flexibility index (Phi) is 4.09. The maximum atomic E-state index is 11.0. The largest absolute Gasteiger partial charge is 0.488 e. The Morgan fingerprint density at radius 1 is 1.46 bits per heavy atom. The van der Waals surface area contributed by atoms with E-state index in [1.807, 2.05) is 0 Å². The summed E-state index contributed by atoms with van der Waals surface area (Å²) >= 11 is 0. The summed E-state index contributed by atoms with van der Waals surface area (Å²) in [5.41, 5.74) is 0. The molecule has 71 valence electrons. The monoisotopic (exact) mass is 180 g/mol. The second-order valence-electron chi connectivity index (χ2n) is 2.86. The van der Waals surface area contributed by atoms with Crippen LogP contribution in [0, 0.1) is 0 Å². The van der Waals surface area contributed by atoms with Crippen molar-refractivity contribution in [2.75, 3.05) is 6.61 Å². The molecule has 13 heavy (non-hydrogen) atoms. The Morgan fingerprint density at radius 2 is 2.31 bits per heavy atom. The first-order valence-electron chi connectivity index (χ1n) is 4.59. The van der Waals surface area contributed by atoms with Gasteiger partial charge in [-0.2, -0.15) is 0 Å². The van der Waals surface area contributed by atoms with Crippen molar-refractivity contribution in [2.24, 2.45) is 0 Å². The molecule has 0 amide bonds. The molecular formula is C10H14NO2. The van der Waals surface area contributed by atoms with Crippen molar-refractivity contribution in [2.45, 2.75) is 26.2 Å². The Balaban J connectivity index is 2.32. The highest BCUT2D eigenvalue weighted by molar-refractivity contribution is 5.30. The third kappa shape index (κ3) is 3.32. The molecule has 1 aromatic rings. The number of ether oxygens (including phenoxy) is 1. The van der Waals surface area contributed by atoms with Gasteiger partial charge in [0, 0.05) is 6.20 Å². The van der Waals surface area contributed by atoms with Gasteiger partial charge >= 0.3 is 5.88 Å². The second kappa shape index (κ2) is 5.41. The first kappa shape index (κ1) is 9.84. The second-order valence-corrected chi connectivity index (χ2v) is 2.86. The normalized spacial score (nSPS) is 9.92. The zero-order valence-corrected chi connectivity index (χ0v) is 7.82. The molecule has 0 unspecified atom stereocenters. The number of rotatable bonds is 5. The molecule has 0 aliphatic heterocycles. The first-order chi connectivity index (χ1) is 6.34. The van der Waals surface area contributed by atoms with Crippen LogP contribution in [0.25, 0.3) is 0 Å². The van der Waals surface area contributed by atoms with E-state index in [4.69, 9.17) is 4.74 Å². The van der Waals surface area contributed by atoms with E-state index in [-0.39, 0.29) is 5.88 Å². The Bertz CT molecular complexity index is 250. The van der Waals surface area contributed by atoms with Gasteiger partial charge in [0.15, 0.2) is 5.75 Å². The molecule has 0 aliphatic carbocycles. The molecule has 0 spiro atoms. The van der Waals surface area contributed by atoms with Crippen LogP contribution in [0.5, 0.6) is 11.6 Å². The van der Waals surface area contributed by atoms with Crippen molar-refractivity contribution >= 4 is 0 Å². The van der Waals surface area contributed by atoms with Gasteiger partial charge in [-0.15, -0.1) is 0 Å². The lowest BCUT2D eigenvalue weighted by atomic mass is 10.3. The SMILES string of the molecule is CCCCCOc1cccnc1[O]. The zero-order valence-electron chi connectivity index (χ0n) is 7.82. The summed E-state index contributed by atoms with van der Waals surface area (Å²) in [6.45, 7) is 2.73. The third-order valence-corrected chi connectivity index (χ3v) is 1.74. The van der Waals surface area contributed by atoms with Crippen LogP contribution in [0.15, 0.2) is 18.3 Å². The van der Waals surface area contributed by atoms with Crippen molar-refractivity contribution in [3.8, 4) is 11.6 Å². The summed E-state index contributed by atoms with van der Waals surface area (Å²) in [7, 11) is 0. The average Bonchev–Trinajstić information content (AvgIpc) is 2.15. The van der Waals surface area contributed by atoms with Crippen molar-refractivity contribution in [1.29, 1.82) is 0 Å². The van der Waals surface area contributed by atoms with E-state index in [1.165, 1.54) is 6.20 Å². The minimum absolute atomic E-state index is 0.279. The van der Waals surface area contributed by atoms with Crippen LogP contribution in [0.4, 0.5) is 0 Å². The van der Waals surface area contributed by atoms with Gasteiger partial charge in [-0.1, -0.05) is 19.8 Å². The summed E-state index contributed by atoms with van der Waals surface area (Å²) in [5.74, 6) is 0.0811. The van der Waals surface area contributed by atoms with Gasteiger partial charge in [0.05, 0.1) is 6.61 Å². The lowest BCUT2D eigenvalue weighted by Gasteiger charge is -2.04.